The van der Waals surface area contributed by atoms with Crippen molar-refractivity contribution in [2.75, 3.05) is 5.73 Å². The molecule has 7 heteroatoms. The van der Waals surface area contributed by atoms with E-state index in [1.165, 1.54) is 0 Å². The molecule has 2 aromatic rings. The molecule has 0 aliphatic carbocycles. The Morgan fingerprint density at radius 1 is 1.27 bits per heavy atom. The van der Waals surface area contributed by atoms with Crippen LogP contribution < -0.4 is 11.1 Å². The molecule has 4 nitrogen and oxygen atoms in total. The average molecular weight is 362 g/mol. The second-order valence-corrected chi connectivity index (χ2v) is 6.59. The fourth-order valence-electron chi connectivity index (χ4n) is 1.69. The quantitative estimate of drug-likeness (QED) is 0.816. The van der Waals surface area contributed by atoms with Gasteiger partial charge in [-0.25, -0.2) is 4.98 Å². The summed E-state index contributed by atoms with van der Waals surface area (Å²) in [5.74, 6) is -0.171. The highest BCUT2D eigenvalue weighted by Crippen LogP contribution is 2.23. The van der Waals surface area contributed by atoms with E-state index in [-0.39, 0.29) is 36.1 Å². The summed E-state index contributed by atoms with van der Waals surface area (Å²) in [6, 6.07) is 7.04. The monoisotopic (exact) mass is 361 g/mol. The maximum absolute atomic E-state index is 12.0. The predicted molar refractivity (Wildman–Crippen MR) is 97.3 cm³/mol. The fraction of sp³-hybridized carbons (Fsp3) is 0.333. The van der Waals surface area contributed by atoms with Crippen LogP contribution in [0.4, 0.5) is 5.69 Å². The largest absolute Gasteiger partial charge is 0.398 e. The van der Waals surface area contributed by atoms with Gasteiger partial charge in [0.05, 0.1) is 17.8 Å². The first-order chi connectivity index (χ1) is 9.38. The summed E-state index contributed by atoms with van der Waals surface area (Å²) in [5, 5.41) is 5.79. The van der Waals surface area contributed by atoms with Crippen molar-refractivity contribution in [1.29, 1.82) is 0 Å². The van der Waals surface area contributed by atoms with Crippen LogP contribution in [-0.4, -0.2) is 10.9 Å². The van der Waals surface area contributed by atoms with Gasteiger partial charge < -0.3 is 11.1 Å². The predicted octanol–water partition coefficient (Wildman–Crippen LogP) is 3.80. The molecule has 1 amide bonds. The Morgan fingerprint density at radius 2 is 1.91 bits per heavy atom. The van der Waals surface area contributed by atoms with E-state index in [2.05, 4.69) is 31.1 Å². The number of hydrogen-bond donors (Lipinski definition) is 2. The standard InChI is InChI=1S/C15H19N3OS.2ClH/c1-15(2,3)12-9-20-13(18-12)8-17-14(19)10-6-4-5-7-11(10)16;;/h4-7,9H,8,16H2,1-3H3,(H,17,19);2*1H. The Labute approximate surface area is 147 Å². The number of carbonyl (C=O) groups excluding carboxylic acids is 1. The van der Waals surface area contributed by atoms with Crippen molar-refractivity contribution in [2.45, 2.75) is 32.7 Å². The number of para-hydroxylation sites is 1. The van der Waals surface area contributed by atoms with Gasteiger partial charge in [0.25, 0.3) is 5.91 Å². The first-order valence-corrected chi connectivity index (χ1v) is 7.33. The SMILES string of the molecule is CC(C)(C)c1csc(CNC(=O)c2ccccc2N)n1.Cl.Cl. The van der Waals surface area contributed by atoms with Crippen molar-refractivity contribution in [3.05, 3.63) is 45.9 Å². The molecule has 0 saturated heterocycles. The first-order valence-electron chi connectivity index (χ1n) is 6.45. The minimum Gasteiger partial charge on any atom is -0.398 e. The number of aromatic nitrogens is 1. The molecule has 0 spiro atoms. The molecule has 1 aromatic heterocycles. The lowest BCUT2D eigenvalue weighted by atomic mass is 9.93. The molecule has 122 valence electrons. The van der Waals surface area contributed by atoms with Crippen molar-refractivity contribution in [1.82, 2.24) is 10.3 Å². The van der Waals surface area contributed by atoms with Crippen LogP contribution in [0.3, 0.4) is 0 Å². The number of nitrogens with two attached hydrogens (primary N) is 1. The van der Waals surface area contributed by atoms with Crippen LogP contribution in [0.15, 0.2) is 29.6 Å². The van der Waals surface area contributed by atoms with Crippen molar-refractivity contribution >= 4 is 47.7 Å². The summed E-state index contributed by atoms with van der Waals surface area (Å²) in [5.41, 5.74) is 7.84. The highest BCUT2D eigenvalue weighted by molar-refractivity contribution is 7.09. The summed E-state index contributed by atoms with van der Waals surface area (Å²) >= 11 is 1.56. The number of anilines is 1. The average Bonchev–Trinajstić information content (AvgIpc) is 2.85. The number of halogens is 2. The lowest BCUT2D eigenvalue weighted by Crippen LogP contribution is -2.23. The second kappa shape index (κ2) is 8.36. The van der Waals surface area contributed by atoms with Crippen molar-refractivity contribution < 1.29 is 4.79 Å². The molecule has 0 fully saturated rings. The molecule has 0 saturated carbocycles. The van der Waals surface area contributed by atoms with Gasteiger partial charge in [0.2, 0.25) is 0 Å². The second-order valence-electron chi connectivity index (χ2n) is 5.65. The molecule has 0 bridgehead atoms. The molecular weight excluding hydrogens is 341 g/mol. The van der Waals surface area contributed by atoms with E-state index < -0.39 is 0 Å². The minimum atomic E-state index is -0.171. The van der Waals surface area contributed by atoms with E-state index in [0.717, 1.165) is 10.7 Å². The van der Waals surface area contributed by atoms with Gasteiger partial charge in [-0.1, -0.05) is 32.9 Å². The third-order valence-electron chi connectivity index (χ3n) is 2.93. The van der Waals surface area contributed by atoms with Gasteiger partial charge in [-0.05, 0) is 12.1 Å². The third-order valence-corrected chi connectivity index (χ3v) is 3.77. The van der Waals surface area contributed by atoms with Crippen molar-refractivity contribution in [3.63, 3.8) is 0 Å². The zero-order valence-electron chi connectivity index (χ0n) is 12.8. The number of nitrogens with one attached hydrogen (secondary N) is 1. The third kappa shape index (κ3) is 5.16. The summed E-state index contributed by atoms with van der Waals surface area (Å²) < 4.78 is 0. The van der Waals surface area contributed by atoms with Gasteiger partial charge in [0.1, 0.15) is 5.01 Å². The van der Waals surface area contributed by atoms with E-state index in [0.29, 0.717) is 17.8 Å². The topological polar surface area (TPSA) is 68.0 Å². The molecule has 0 aliphatic heterocycles. The molecule has 1 aromatic carbocycles. The molecule has 2 rings (SSSR count). The highest BCUT2D eigenvalue weighted by atomic mass is 35.5. The minimum absolute atomic E-state index is 0. The van der Waals surface area contributed by atoms with Crippen LogP contribution in [0, 0.1) is 0 Å². The van der Waals surface area contributed by atoms with E-state index in [1.54, 1.807) is 29.5 Å². The van der Waals surface area contributed by atoms with E-state index in [1.807, 2.05) is 11.4 Å². The maximum atomic E-state index is 12.0. The van der Waals surface area contributed by atoms with Crippen LogP contribution in [-0.2, 0) is 12.0 Å². The Morgan fingerprint density at radius 3 is 2.45 bits per heavy atom. The lowest BCUT2D eigenvalue weighted by molar-refractivity contribution is 0.0951. The summed E-state index contributed by atoms with van der Waals surface area (Å²) in [6.07, 6.45) is 0. The summed E-state index contributed by atoms with van der Waals surface area (Å²) in [6.45, 7) is 6.78. The number of rotatable bonds is 3. The molecule has 0 radical (unpaired) electrons. The molecule has 22 heavy (non-hydrogen) atoms. The zero-order valence-corrected chi connectivity index (χ0v) is 15.2. The van der Waals surface area contributed by atoms with Gasteiger partial charge >= 0.3 is 0 Å². The maximum Gasteiger partial charge on any atom is 0.253 e. The number of nitrogens with zero attached hydrogens (tertiary/aromatic N) is 1. The van der Waals surface area contributed by atoms with Gasteiger partial charge in [0.15, 0.2) is 0 Å². The van der Waals surface area contributed by atoms with Crippen LogP contribution >= 0.6 is 36.2 Å². The number of nitrogen functional groups attached to an aromatic ring is 1. The summed E-state index contributed by atoms with van der Waals surface area (Å²) in [7, 11) is 0. The first kappa shape index (κ1) is 20.7. The molecular formula is C15H21Cl2N3OS. The number of hydrogen-bond acceptors (Lipinski definition) is 4. The Hall–Kier alpha value is -1.30. The fourth-order valence-corrected chi connectivity index (χ4v) is 2.65. The van der Waals surface area contributed by atoms with Gasteiger partial charge in [-0.15, -0.1) is 36.2 Å². The molecule has 1 heterocycles. The van der Waals surface area contributed by atoms with Crippen molar-refractivity contribution in [2.24, 2.45) is 0 Å². The van der Waals surface area contributed by atoms with E-state index >= 15 is 0 Å². The molecule has 0 atom stereocenters. The number of carbonyl (C=O) groups is 1. The Balaban J connectivity index is 0.00000220. The van der Waals surface area contributed by atoms with Gasteiger partial charge in [0, 0.05) is 16.5 Å². The van der Waals surface area contributed by atoms with E-state index in [9.17, 15) is 4.79 Å². The molecule has 0 unspecified atom stereocenters. The van der Waals surface area contributed by atoms with E-state index in [4.69, 9.17) is 5.73 Å². The van der Waals surface area contributed by atoms with Crippen LogP contribution in [0.1, 0.15) is 41.8 Å². The number of thiazole rings is 1. The normalized spacial score (nSPS) is 10.3. The Bertz CT molecular complexity index is 623. The Kier molecular flexibility index (Phi) is 7.87. The smallest absolute Gasteiger partial charge is 0.253 e. The molecule has 3 N–H and O–H groups in total. The van der Waals surface area contributed by atoms with Crippen LogP contribution in [0.25, 0.3) is 0 Å². The number of amides is 1. The lowest BCUT2D eigenvalue weighted by Gasteiger charge is -2.14. The van der Waals surface area contributed by atoms with Crippen LogP contribution in [0.5, 0.6) is 0 Å². The van der Waals surface area contributed by atoms with Gasteiger partial charge in [-0.2, -0.15) is 0 Å². The summed E-state index contributed by atoms with van der Waals surface area (Å²) in [4.78, 5) is 16.6. The molecule has 0 aliphatic rings. The van der Waals surface area contributed by atoms with Gasteiger partial charge in [-0.3, -0.25) is 4.79 Å². The number of benzene rings is 1. The highest BCUT2D eigenvalue weighted by Gasteiger charge is 2.17. The zero-order chi connectivity index (χ0) is 14.8. The van der Waals surface area contributed by atoms with Crippen LogP contribution in [0.2, 0.25) is 0 Å². The van der Waals surface area contributed by atoms with Crippen molar-refractivity contribution in [3.8, 4) is 0 Å².